The molecule has 2 aromatic heterocycles. The average molecular weight is 217 g/mol. The van der Waals surface area contributed by atoms with Crippen LogP contribution in [0.25, 0.3) is 5.65 Å². The van der Waals surface area contributed by atoms with Gasteiger partial charge in [-0.25, -0.2) is 0 Å². The third kappa shape index (κ3) is 1.71. The van der Waals surface area contributed by atoms with E-state index in [1.165, 1.54) is 6.92 Å². The van der Waals surface area contributed by atoms with Crippen molar-refractivity contribution < 1.29 is 4.79 Å². The number of fused-ring (bicyclic) bond motifs is 1. The molecule has 0 N–H and O–H groups in total. The van der Waals surface area contributed by atoms with Gasteiger partial charge in [0.25, 0.3) is 0 Å². The molecule has 0 aromatic carbocycles. The number of hydrogen-bond donors (Lipinski definition) is 0. The van der Waals surface area contributed by atoms with Gasteiger partial charge in [0.15, 0.2) is 11.4 Å². The highest BCUT2D eigenvalue weighted by Gasteiger charge is 2.16. The minimum atomic E-state index is -0.0708. The molecular formula is C12H15N3O. The summed E-state index contributed by atoms with van der Waals surface area (Å²) in [5.41, 5.74) is 1.91. The highest BCUT2D eigenvalue weighted by atomic mass is 16.1. The van der Waals surface area contributed by atoms with Gasteiger partial charge in [-0.15, -0.1) is 10.2 Å². The van der Waals surface area contributed by atoms with Crippen molar-refractivity contribution in [1.29, 1.82) is 0 Å². The lowest BCUT2D eigenvalue weighted by Gasteiger charge is -2.18. The van der Waals surface area contributed by atoms with E-state index in [2.05, 4.69) is 31.0 Å². The normalized spacial score (nSPS) is 12.0. The zero-order chi connectivity index (χ0) is 11.9. The van der Waals surface area contributed by atoms with Crippen molar-refractivity contribution in [3.8, 4) is 0 Å². The van der Waals surface area contributed by atoms with Crippen LogP contribution in [0.1, 0.15) is 43.9 Å². The number of Topliss-reactive ketones (excluding diaryl/α,β-unsaturated/α-hetero) is 1. The summed E-state index contributed by atoms with van der Waals surface area (Å²) in [6.07, 6.45) is 1.94. The van der Waals surface area contributed by atoms with E-state index in [-0.39, 0.29) is 11.2 Å². The number of carbonyl (C=O) groups excluding carboxylic acids is 1. The second-order valence-corrected chi connectivity index (χ2v) is 4.98. The first-order valence-electron chi connectivity index (χ1n) is 5.26. The van der Waals surface area contributed by atoms with Gasteiger partial charge in [0, 0.05) is 13.1 Å². The number of carbonyl (C=O) groups is 1. The molecule has 0 spiro atoms. The molecule has 0 amide bonds. The monoisotopic (exact) mass is 217 g/mol. The Hall–Kier alpha value is -1.71. The van der Waals surface area contributed by atoms with Gasteiger partial charge in [-0.1, -0.05) is 26.8 Å². The average Bonchev–Trinajstić information content (AvgIpc) is 2.58. The van der Waals surface area contributed by atoms with Crippen LogP contribution in [0.15, 0.2) is 18.3 Å². The lowest BCUT2D eigenvalue weighted by atomic mass is 9.88. The van der Waals surface area contributed by atoms with Crippen LogP contribution in [0, 0.1) is 0 Å². The standard InChI is InChI=1S/C12H15N3O/c1-8(16)11-14-13-10-6-5-9(7-15(10)11)12(2,3)4/h5-7H,1-4H3. The Bertz CT molecular complexity index is 549. The minimum absolute atomic E-state index is 0.0481. The van der Waals surface area contributed by atoms with Crippen LogP contribution < -0.4 is 0 Å². The SMILES string of the molecule is CC(=O)c1nnc2ccc(C(C)(C)C)cn12. The molecule has 0 unspecified atom stereocenters. The van der Waals surface area contributed by atoms with Crippen LogP contribution in [0.2, 0.25) is 0 Å². The van der Waals surface area contributed by atoms with E-state index in [9.17, 15) is 4.79 Å². The minimum Gasteiger partial charge on any atom is -0.291 e. The lowest BCUT2D eigenvalue weighted by Crippen LogP contribution is -2.12. The van der Waals surface area contributed by atoms with Crippen LogP contribution in [0.5, 0.6) is 0 Å². The molecule has 0 saturated heterocycles. The first-order valence-corrected chi connectivity index (χ1v) is 5.26. The molecule has 2 aromatic rings. The summed E-state index contributed by atoms with van der Waals surface area (Å²) in [5, 5.41) is 7.84. The van der Waals surface area contributed by atoms with Crippen molar-refractivity contribution in [2.24, 2.45) is 0 Å². The largest absolute Gasteiger partial charge is 0.291 e. The van der Waals surface area contributed by atoms with E-state index in [1.54, 1.807) is 4.40 Å². The number of rotatable bonds is 1. The second kappa shape index (κ2) is 3.40. The van der Waals surface area contributed by atoms with Gasteiger partial charge in [0.2, 0.25) is 5.82 Å². The van der Waals surface area contributed by atoms with Crippen LogP contribution in [-0.4, -0.2) is 20.4 Å². The van der Waals surface area contributed by atoms with E-state index >= 15 is 0 Å². The van der Waals surface area contributed by atoms with Crippen molar-refractivity contribution >= 4 is 11.4 Å². The molecular weight excluding hydrogens is 202 g/mol. The topological polar surface area (TPSA) is 47.3 Å². The summed E-state index contributed by atoms with van der Waals surface area (Å²) < 4.78 is 1.75. The Labute approximate surface area is 94.3 Å². The molecule has 0 fully saturated rings. The predicted molar refractivity (Wildman–Crippen MR) is 61.7 cm³/mol. The summed E-state index contributed by atoms with van der Waals surface area (Å²) in [6, 6.07) is 3.91. The zero-order valence-corrected chi connectivity index (χ0v) is 9.98. The highest BCUT2D eigenvalue weighted by Crippen LogP contribution is 2.22. The summed E-state index contributed by atoms with van der Waals surface area (Å²) in [4.78, 5) is 11.4. The molecule has 0 bridgehead atoms. The maximum Gasteiger partial charge on any atom is 0.204 e. The van der Waals surface area contributed by atoms with Crippen molar-refractivity contribution in [1.82, 2.24) is 14.6 Å². The maximum atomic E-state index is 11.4. The summed E-state index contributed by atoms with van der Waals surface area (Å²) in [7, 11) is 0. The molecule has 0 atom stereocenters. The Morgan fingerprint density at radius 3 is 2.50 bits per heavy atom. The molecule has 0 aliphatic heterocycles. The maximum absolute atomic E-state index is 11.4. The first kappa shape index (κ1) is 10.8. The number of nitrogens with zero attached hydrogens (tertiary/aromatic N) is 3. The van der Waals surface area contributed by atoms with Crippen LogP contribution >= 0.6 is 0 Å². The van der Waals surface area contributed by atoms with E-state index in [1.807, 2.05) is 18.3 Å². The van der Waals surface area contributed by atoms with E-state index in [4.69, 9.17) is 0 Å². The highest BCUT2D eigenvalue weighted by molar-refractivity contribution is 5.91. The van der Waals surface area contributed by atoms with Gasteiger partial charge in [-0.05, 0) is 17.0 Å². The van der Waals surface area contributed by atoms with Crippen LogP contribution in [0.3, 0.4) is 0 Å². The van der Waals surface area contributed by atoms with Gasteiger partial charge in [-0.3, -0.25) is 9.20 Å². The number of ketones is 1. The summed E-state index contributed by atoms with van der Waals surface area (Å²) in [5.74, 6) is 0.319. The Balaban J connectivity index is 2.68. The van der Waals surface area contributed by atoms with Gasteiger partial charge in [0.05, 0.1) is 0 Å². The number of pyridine rings is 1. The van der Waals surface area contributed by atoms with Gasteiger partial charge in [-0.2, -0.15) is 0 Å². The fourth-order valence-electron chi connectivity index (χ4n) is 1.57. The zero-order valence-electron chi connectivity index (χ0n) is 9.98. The molecule has 2 rings (SSSR count). The Kier molecular flexibility index (Phi) is 2.30. The summed E-state index contributed by atoms with van der Waals surface area (Å²) >= 11 is 0. The molecule has 2 heterocycles. The van der Waals surface area contributed by atoms with Gasteiger partial charge < -0.3 is 0 Å². The molecule has 4 heteroatoms. The molecule has 4 nitrogen and oxygen atoms in total. The summed E-state index contributed by atoms with van der Waals surface area (Å²) in [6.45, 7) is 7.89. The molecule has 0 saturated carbocycles. The van der Waals surface area contributed by atoms with Gasteiger partial charge in [0.1, 0.15) is 0 Å². The third-order valence-electron chi connectivity index (χ3n) is 2.58. The van der Waals surface area contributed by atoms with Crippen molar-refractivity contribution in [2.75, 3.05) is 0 Å². The van der Waals surface area contributed by atoms with Crippen LogP contribution in [-0.2, 0) is 5.41 Å². The van der Waals surface area contributed by atoms with Gasteiger partial charge >= 0.3 is 0 Å². The quantitative estimate of drug-likeness (QED) is 0.688. The smallest absolute Gasteiger partial charge is 0.204 e. The third-order valence-corrected chi connectivity index (χ3v) is 2.58. The van der Waals surface area contributed by atoms with Crippen molar-refractivity contribution in [2.45, 2.75) is 33.1 Å². The van der Waals surface area contributed by atoms with Crippen molar-refractivity contribution in [3.05, 3.63) is 29.7 Å². The number of aromatic nitrogens is 3. The number of hydrogen-bond acceptors (Lipinski definition) is 3. The molecule has 84 valence electrons. The lowest BCUT2D eigenvalue weighted by molar-refractivity contribution is 0.100. The Morgan fingerprint density at radius 1 is 1.25 bits per heavy atom. The Morgan fingerprint density at radius 2 is 1.94 bits per heavy atom. The fourth-order valence-corrected chi connectivity index (χ4v) is 1.57. The van der Waals surface area contributed by atoms with Crippen molar-refractivity contribution in [3.63, 3.8) is 0 Å². The second-order valence-electron chi connectivity index (χ2n) is 4.98. The predicted octanol–water partition coefficient (Wildman–Crippen LogP) is 2.23. The molecule has 16 heavy (non-hydrogen) atoms. The first-order chi connectivity index (χ1) is 7.39. The van der Waals surface area contributed by atoms with Crippen LogP contribution in [0.4, 0.5) is 0 Å². The molecule has 0 aliphatic carbocycles. The molecule has 0 aliphatic rings. The molecule has 0 radical (unpaired) electrons. The fraction of sp³-hybridized carbons (Fsp3) is 0.417. The van der Waals surface area contributed by atoms with E-state index < -0.39 is 0 Å². The van der Waals surface area contributed by atoms with E-state index in [0.29, 0.717) is 11.5 Å². The van der Waals surface area contributed by atoms with E-state index in [0.717, 1.165) is 5.56 Å².